The van der Waals surface area contributed by atoms with Gasteiger partial charge in [0.05, 0.1) is 32.5 Å². The van der Waals surface area contributed by atoms with Gasteiger partial charge >= 0.3 is 17.9 Å². The highest BCUT2D eigenvalue weighted by Gasteiger charge is 2.53. The number of benzene rings is 3. The fraction of sp³-hybridized carbons (Fsp3) is 0.194. The summed E-state index contributed by atoms with van der Waals surface area (Å²) in [5.41, 5.74) is -0.458. The molecule has 0 aliphatic carbocycles. The molecule has 1 aliphatic heterocycles. The zero-order valence-electron chi connectivity index (χ0n) is 23.2. The average molecular weight is 585 g/mol. The smallest absolute Gasteiger partial charge is 0.347 e. The summed E-state index contributed by atoms with van der Waals surface area (Å²) in [5, 5.41) is 24.2. The van der Waals surface area contributed by atoms with Crippen molar-refractivity contribution in [2.75, 3.05) is 25.7 Å². The molecular weight excluding hydrogens is 556 g/mol. The highest BCUT2D eigenvalue weighted by molar-refractivity contribution is 6.02. The molecule has 2 heterocycles. The Balaban J connectivity index is 1.77. The molecule has 2 unspecified atom stereocenters. The van der Waals surface area contributed by atoms with Gasteiger partial charge in [-0.25, -0.2) is 9.59 Å². The van der Waals surface area contributed by atoms with Gasteiger partial charge in [-0.2, -0.15) is 9.97 Å². The summed E-state index contributed by atoms with van der Waals surface area (Å²) in [6.45, 7) is -0.435. The van der Waals surface area contributed by atoms with E-state index in [1.807, 2.05) is 0 Å². The number of amides is 1. The van der Waals surface area contributed by atoms with E-state index in [2.05, 4.69) is 15.3 Å². The molecule has 4 aromatic rings. The molecule has 0 bridgehead atoms. The molecule has 3 aromatic carbocycles. The summed E-state index contributed by atoms with van der Waals surface area (Å²) in [6, 6.07) is 23.1. The first-order valence-electron chi connectivity index (χ1n) is 13.2. The molecule has 0 fully saturated rings. The molecule has 1 aromatic heterocycles. The third-order valence-corrected chi connectivity index (χ3v) is 7.13. The van der Waals surface area contributed by atoms with E-state index in [-0.39, 0.29) is 29.0 Å². The molecule has 12 heteroatoms. The number of ether oxygens (including phenoxy) is 3. The van der Waals surface area contributed by atoms with Crippen molar-refractivity contribution in [1.82, 2.24) is 15.3 Å². The molecule has 1 amide bonds. The lowest BCUT2D eigenvalue weighted by Crippen LogP contribution is -2.58. The summed E-state index contributed by atoms with van der Waals surface area (Å²) in [6.07, 6.45) is -1.78. The number of para-hydroxylation sites is 1. The molecule has 5 rings (SSSR count). The lowest BCUT2D eigenvalue weighted by Gasteiger charge is -2.39. The molecule has 0 saturated heterocycles. The maximum absolute atomic E-state index is 13.9. The van der Waals surface area contributed by atoms with Crippen LogP contribution in [0.3, 0.4) is 0 Å². The number of anilines is 1. The number of hydrogen-bond donors (Lipinski definition) is 3. The molecule has 43 heavy (non-hydrogen) atoms. The number of carboxylic acids is 2. The van der Waals surface area contributed by atoms with Gasteiger partial charge in [-0.15, -0.1) is 0 Å². The van der Waals surface area contributed by atoms with Gasteiger partial charge in [0.1, 0.15) is 5.54 Å². The Labute approximate surface area is 246 Å². The number of carboxylic acid groups (broad SMARTS) is 2. The Kier molecular flexibility index (Phi) is 8.21. The number of methoxy groups -OCH3 is 2. The number of carbonyl (C=O) groups excluding carboxylic acids is 1. The first-order valence-corrected chi connectivity index (χ1v) is 13.2. The van der Waals surface area contributed by atoms with Gasteiger partial charge in [-0.3, -0.25) is 15.0 Å². The summed E-state index contributed by atoms with van der Waals surface area (Å²) in [7, 11) is 2.75. The van der Waals surface area contributed by atoms with Crippen molar-refractivity contribution in [3.63, 3.8) is 0 Å². The maximum atomic E-state index is 13.9. The van der Waals surface area contributed by atoms with Gasteiger partial charge in [0.15, 0.2) is 6.04 Å². The summed E-state index contributed by atoms with van der Waals surface area (Å²) < 4.78 is 16.5. The minimum atomic E-state index is -1.78. The lowest BCUT2D eigenvalue weighted by molar-refractivity contribution is -0.149. The third-order valence-electron chi connectivity index (χ3n) is 7.13. The highest BCUT2D eigenvalue weighted by Crippen LogP contribution is 2.44. The van der Waals surface area contributed by atoms with E-state index in [1.54, 1.807) is 84.9 Å². The standard InChI is InChI=1S/C31H28N4O8/c1-41-23-17-24(42-2)34-30(33-23)43-27(29(39)40)31(20-13-7-4-8-14-20)21-15-9-10-16-22(21)35(25(36)18-32-31)26(28(37)38)19-11-5-3-6-12-19/h3-17,26-27,32H,18H2,1-2H3,(H,37,38)(H,39,40)/t26?,27-,31?/m1/s1. The van der Waals surface area contributed by atoms with Crippen LogP contribution in [0.25, 0.3) is 0 Å². The first-order chi connectivity index (χ1) is 20.8. The molecule has 1 aliphatic rings. The van der Waals surface area contributed by atoms with Crippen molar-refractivity contribution in [2.45, 2.75) is 17.7 Å². The molecule has 3 atom stereocenters. The van der Waals surface area contributed by atoms with Crippen molar-refractivity contribution in [1.29, 1.82) is 0 Å². The minimum absolute atomic E-state index is 0.0717. The normalized spacial score (nSPS) is 17.6. The van der Waals surface area contributed by atoms with Gasteiger partial charge in [0, 0.05) is 5.56 Å². The van der Waals surface area contributed by atoms with Crippen LogP contribution >= 0.6 is 0 Å². The Morgan fingerprint density at radius 3 is 2.02 bits per heavy atom. The van der Waals surface area contributed by atoms with Crippen molar-refractivity contribution in [3.05, 3.63) is 108 Å². The zero-order chi connectivity index (χ0) is 30.6. The predicted octanol–water partition coefficient (Wildman–Crippen LogP) is 3.03. The topological polar surface area (TPSA) is 160 Å². The van der Waals surface area contributed by atoms with E-state index in [4.69, 9.17) is 14.2 Å². The summed E-state index contributed by atoms with van der Waals surface area (Å²) in [4.78, 5) is 49.3. The Morgan fingerprint density at radius 2 is 1.44 bits per heavy atom. The molecule has 0 radical (unpaired) electrons. The van der Waals surface area contributed by atoms with Crippen LogP contribution in [0.4, 0.5) is 5.69 Å². The van der Waals surface area contributed by atoms with Crippen LogP contribution in [-0.2, 0) is 19.9 Å². The second kappa shape index (κ2) is 12.2. The summed E-state index contributed by atoms with van der Waals surface area (Å²) >= 11 is 0. The maximum Gasteiger partial charge on any atom is 0.347 e. The number of fused-ring (bicyclic) bond motifs is 1. The predicted molar refractivity (Wildman–Crippen MR) is 153 cm³/mol. The molecular formula is C31H28N4O8. The Morgan fingerprint density at radius 1 is 0.860 bits per heavy atom. The van der Waals surface area contributed by atoms with Gasteiger partial charge in [-0.1, -0.05) is 78.9 Å². The van der Waals surface area contributed by atoms with Gasteiger partial charge < -0.3 is 24.4 Å². The van der Waals surface area contributed by atoms with Crippen LogP contribution in [0.1, 0.15) is 22.7 Å². The van der Waals surface area contributed by atoms with E-state index in [9.17, 15) is 24.6 Å². The van der Waals surface area contributed by atoms with Crippen molar-refractivity contribution in [3.8, 4) is 17.8 Å². The molecule has 3 N–H and O–H groups in total. The number of hydrogen-bond acceptors (Lipinski definition) is 9. The molecule has 220 valence electrons. The van der Waals surface area contributed by atoms with Crippen LogP contribution in [0.2, 0.25) is 0 Å². The number of rotatable bonds is 10. The number of aliphatic carboxylic acids is 2. The number of nitrogens with one attached hydrogen (secondary N) is 1. The van der Waals surface area contributed by atoms with Gasteiger partial charge in [0.2, 0.25) is 23.8 Å². The van der Waals surface area contributed by atoms with Gasteiger partial charge in [-0.05, 0) is 17.2 Å². The van der Waals surface area contributed by atoms with Crippen molar-refractivity contribution in [2.24, 2.45) is 0 Å². The highest BCUT2D eigenvalue weighted by atomic mass is 16.5. The van der Waals surface area contributed by atoms with Crippen molar-refractivity contribution >= 4 is 23.5 Å². The molecule has 0 spiro atoms. The fourth-order valence-electron chi connectivity index (χ4n) is 5.29. The Hall–Kier alpha value is -5.49. The average Bonchev–Trinajstić information content (AvgIpc) is 3.15. The zero-order valence-corrected chi connectivity index (χ0v) is 23.2. The largest absolute Gasteiger partial charge is 0.481 e. The van der Waals surface area contributed by atoms with Crippen molar-refractivity contribution < 1.29 is 38.8 Å². The SMILES string of the molecule is COc1cc(OC)nc(O[C@H](C(=O)O)C2(c3ccccc3)NCC(=O)N(C(C(=O)O)c3ccccc3)c3ccccc32)n1. The van der Waals surface area contributed by atoms with E-state index < -0.39 is 42.1 Å². The number of nitrogens with zero attached hydrogens (tertiary/aromatic N) is 3. The third kappa shape index (κ3) is 5.43. The molecule has 12 nitrogen and oxygen atoms in total. The quantitative estimate of drug-likeness (QED) is 0.251. The van der Waals surface area contributed by atoms with Crippen LogP contribution < -0.4 is 24.4 Å². The minimum Gasteiger partial charge on any atom is -0.481 e. The Bertz CT molecular complexity index is 1610. The van der Waals surface area contributed by atoms with E-state index >= 15 is 0 Å². The first kappa shape index (κ1) is 29.0. The van der Waals surface area contributed by atoms with E-state index in [0.717, 1.165) is 0 Å². The summed E-state index contributed by atoms with van der Waals surface area (Å²) in [5.74, 6) is -3.12. The van der Waals surface area contributed by atoms with Crippen LogP contribution in [-0.4, -0.2) is 64.9 Å². The second-order valence-electron chi connectivity index (χ2n) is 9.53. The number of carbonyl (C=O) groups is 3. The monoisotopic (exact) mass is 584 g/mol. The fourth-order valence-corrected chi connectivity index (χ4v) is 5.29. The molecule has 0 saturated carbocycles. The van der Waals surface area contributed by atoms with Gasteiger partial charge in [0.25, 0.3) is 0 Å². The van der Waals surface area contributed by atoms with E-state index in [0.29, 0.717) is 11.1 Å². The van der Waals surface area contributed by atoms with Crippen LogP contribution in [0.5, 0.6) is 17.8 Å². The van der Waals surface area contributed by atoms with Crippen LogP contribution in [0, 0.1) is 0 Å². The van der Waals surface area contributed by atoms with E-state index in [1.165, 1.54) is 25.2 Å². The number of aromatic nitrogens is 2. The lowest BCUT2D eigenvalue weighted by atomic mass is 9.77. The van der Waals surface area contributed by atoms with Crippen LogP contribution in [0.15, 0.2) is 91.0 Å². The second-order valence-corrected chi connectivity index (χ2v) is 9.53.